The van der Waals surface area contributed by atoms with E-state index in [-0.39, 0.29) is 0 Å². The van der Waals surface area contributed by atoms with Crippen molar-refractivity contribution >= 4 is 5.82 Å². The Morgan fingerprint density at radius 3 is 2.55 bits per heavy atom. The molecule has 114 valence electrons. The molecule has 1 heterocycles. The Morgan fingerprint density at radius 2 is 1.95 bits per heavy atom. The van der Waals surface area contributed by atoms with Crippen molar-refractivity contribution < 1.29 is 0 Å². The summed E-state index contributed by atoms with van der Waals surface area (Å²) < 4.78 is 0. The molecule has 1 aromatic rings. The normalized spacial score (nSPS) is 11.1. The van der Waals surface area contributed by atoms with Gasteiger partial charge in [-0.05, 0) is 31.9 Å². The first kappa shape index (κ1) is 17.0. The fourth-order valence-electron chi connectivity index (χ4n) is 2.48. The van der Waals surface area contributed by atoms with Crippen LogP contribution in [0.1, 0.15) is 52.5 Å². The van der Waals surface area contributed by atoms with Gasteiger partial charge in [0.1, 0.15) is 5.82 Å². The van der Waals surface area contributed by atoms with Crippen LogP contribution >= 0.6 is 0 Å². The van der Waals surface area contributed by atoms with Crippen molar-refractivity contribution in [2.24, 2.45) is 5.92 Å². The average molecular weight is 277 g/mol. The molecule has 1 aromatic heterocycles. The molecule has 0 aromatic carbocycles. The predicted octanol–water partition coefficient (Wildman–Crippen LogP) is 3.84. The van der Waals surface area contributed by atoms with E-state index >= 15 is 0 Å². The van der Waals surface area contributed by atoms with Crippen LogP contribution in [0.15, 0.2) is 18.3 Å². The number of hydrogen-bond acceptors (Lipinski definition) is 3. The molecule has 0 bridgehead atoms. The lowest BCUT2D eigenvalue weighted by Gasteiger charge is -2.28. The Labute approximate surface area is 124 Å². The van der Waals surface area contributed by atoms with Crippen LogP contribution in [-0.2, 0) is 6.54 Å². The quantitative estimate of drug-likeness (QED) is 0.659. The van der Waals surface area contributed by atoms with Crippen LogP contribution in [0.4, 0.5) is 5.82 Å². The van der Waals surface area contributed by atoms with E-state index in [9.17, 15) is 0 Å². The summed E-state index contributed by atoms with van der Waals surface area (Å²) in [6.45, 7) is 13.1. The van der Waals surface area contributed by atoms with Gasteiger partial charge in [0, 0.05) is 31.4 Å². The van der Waals surface area contributed by atoms with E-state index in [0.29, 0.717) is 0 Å². The van der Waals surface area contributed by atoms with E-state index in [1.807, 2.05) is 12.3 Å². The fourth-order valence-corrected chi connectivity index (χ4v) is 2.48. The van der Waals surface area contributed by atoms with Crippen molar-refractivity contribution in [2.75, 3.05) is 24.5 Å². The molecule has 1 rings (SSSR count). The summed E-state index contributed by atoms with van der Waals surface area (Å²) in [6, 6.07) is 4.23. The highest BCUT2D eigenvalue weighted by atomic mass is 15.2. The van der Waals surface area contributed by atoms with E-state index in [0.717, 1.165) is 37.9 Å². The predicted molar refractivity (Wildman–Crippen MR) is 88.2 cm³/mol. The van der Waals surface area contributed by atoms with Gasteiger partial charge < -0.3 is 10.2 Å². The Hall–Kier alpha value is -1.09. The van der Waals surface area contributed by atoms with Gasteiger partial charge in [0.15, 0.2) is 0 Å². The van der Waals surface area contributed by atoms with Gasteiger partial charge in [-0.25, -0.2) is 4.98 Å². The molecule has 0 saturated carbocycles. The molecule has 3 nitrogen and oxygen atoms in total. The first-order valence-corrected chi connectivity index (χ1v) is 8.16. The highest BCUT2D eigenvalue weighted by Gasteiger charge is 2.14. The molecule has 0 aliphatic heterocycles. The van der Waals surface area contributed by atoms with Crippen molar-refractivity contribution in [2.45, 2.75) is 53.5 Å². The minimum Gasteiger partial charge on any atom is -0.356 e. The van der Waals surface area contributed by atoms with Crippen LogP contribution in [0, 0.1) is 5.92 Å². The molecule has 1 N–H and O–H groups in total. The van der Waals surface area contributed by atoms with Crippen molar-refractivity contribution in [3.63, 3.8) is 0 Å². The zero-order valence-electron chi connectivity index (χ0n) is 13.7. The summed E-state index contributed by atoms with van der Waals surface area (Å²) in [4.78, 5) is 7.07. The van der Waals surface area contributed by atoms with Gasteiger partial charge in [-0.1, -0.05) is 39.7 Å². The van der Waals surface area contributed by atoms with Gasteiger partial charge in [0.2, 0.25) is 0 Å². The molecule has 0 saturated heterocycles. The van der Waals surface area contributed by atoms with Crippen molar-refractivity contribution in [1.29, 1.82) is 0 Å². The fraction of sp³-hybridized carbons (Fsp3) is 0.706. The van der Waals surface area contributed by atoms with Crippen molar-refractivity contribution in [3.8, 4) is 0 Å². The van der Waals surface area contributed by atoms with E-state index in [4.69, 9.17) is 0 Å². The number of pyridine rings is 1. The van der Waals surface area contributed by atoms with Crippen molar-refractivity contribution in [3.05, 3.63) is 23.9 Å². The molecule has 0 radical (unpaired) electrons. The smallest absolute Gasteiger partial charge is 0.133 e. The number of hydrogen-bond donors (Lipinski definition) is 1. The molecule has 0 amide bonds. The maximum atomic E-state index is 4.64. The maximum absolute atomic E-state index is 4.64. The minimum atomic E-state index is 0.758. The molecule has 0 aliphatic carbocycles. The molecule has 20 heavy (non-hydrogen) atoms. The van der Waals surface area contributed by atoms with Crippen LogP contribution in [0.25, 0.3) is 0 Å². The van der Waals surface area contributed by atoms with Gasteiger partial charge in [0.05, 0.1) is 0 Å². The van der Waals surface area contributed by atoms with Crippen LogP contribution in [0.2, 0.25) is 0 Å². The maximum Gasteiger partial charge on any atom is 0.133 e. The Bertz CT molecular complexity index is 361. The molecule has 0 fully saturated rings. The third-order valence-electron chi connectivity index (χ3n) is 3.92. The third kappa shape index (κ3) is 5.12. The molecular formula is C17H31N3. The summed E-state index contributed by atoms with van der Waals surface area (Å²) >= 11 is 0. The van der Waals surface area contributed by atoms with Gasteiger partial charge in [-0.3, -0.25) is 0 Å². The third-order valence-corrected chi connectivity index (χ3v) is 3.92. The molecule has 0 atom stereocenters. The van der Waals surface area contributed by atoms with Gasteiger partial charge in [0.25, 0.3) is 0 Å². The Kier molecular flexibility index (Phi) is 8.28. The lowest BCUT2D eigenvalue weighted by Crippen LogP contribution is -2.31. The monoisotopic (exact) mass is 277 g/mol. The summed E-state index contributed by atoms with van der Waals surface area (Å²) in [6.07, 6.45) is 5.56. The first-order valence-electron chi connectivity index (χ1n) is 8.16. The topological polar surface area (TPSA) is 28.2 Å². The largest absolute Gasteiger partial charge is 0.356 e. The molecular weight excluding hydrogens is 246 g/mol. The summed E-state index contributed by atoms with van der Waals surface area (Å²) in [7, 11) is 0. The molecule has 3 heteroatoms. The minimum absolute atomic E-state index is 0.758. The van der Waals surface area contributed by atoms with Crippen LogP contribution in [-0.4, -0.2) is 24.6 Å². The lowest BCUT2D eigenvalue weighted by molar-refractivity contribution is 0.483. The second kappa shape index (κ2) is 9.76. The van der Waals surface area contributed by atoms with E-state index in [1.165, 1.54) is 24.8 Å². The number of aromatic nitrogens is 1. The average Bonchev–Trinajstić information content (AvgIpc) is 2.50. The number of nitrogens with zero attached hydrogens (tertiary/aromatic N) is 2. The lowest BCUT2D eigenvalue weighted by atomic mass is 10.0. The highest BCUT2D eigenvalue weighted by molar-refractivity contribution is 5.46. The summed E-state index contributed by atoms with van der Waals surface area (Å²) in [5.74, 6) is 1.92. The molecule has 0 spiro atoms. The highest BCUT2D eigenvalue weighted by Crippen LogP contribution is 2.20. The summed E-state index contributed by atoms with van der Waals surface area (Å²) in [5.41, 5.74) is 1.31. The van der Waals surface area contributed by atoms with E-state index in [1.54, 1.807) is 0 Å². The number of rotatable bonds is 10. The van der Waals surface area contributed by atoms with E-state index < -0.39 is 0 Å². The summed E-state index contributed by atoms with van der Waals surface area (Å²) in [5, 5.41) is 3.49. The number of nitrogens with one attached hydrogen (secondary N) is 1. The van der Waals surface area contributed by atoms with Crippen LogP contribution in [0.3, 0.4) is 0 Å². The first-order chi connectivity index (χ1) is 9.76. The Balaban J connectivity index is 2.79. The zero-order chi connectivity index (χ0) is 14.8. The van der Waals surface area contributed by atoms with Crippen LogP contribution in [0.5, 0.6) is 0 Å². The second-order valence-electron chi connectivity index (χ2n) is 5.38. The molecule has 0 aliphatic rings. The SMILES string of the molecule is CCCNCc1cccnc1N(CC)CC(CC)CC. The zero-order valence-corrected chi connectivity index (χ0v) is 13.7. The number of anilines is 1. The van der Waals surface area contributed by atoms with Gasteiger partial charge >= 0.3 is 0 Å². The van der Waals surface area contributed by atoms with Crippen LogP contribution < -0.4 is 10.2 Å². The van der Waals surface area contributed by atoms with E-state index in [2.05, 4.69) is 49.0 Å². The van der Waals surface area contributed by atoms with Gasteiger partial charge in [-0.2, -0.15) is 0 Å². The Morgan fingerprint density at radius 1 is 1.20 bits per heavy atom. The molecule has 0 unspecified atom stereocenters. The standard InChI is InChI=1S/C17H31N3/c1-5-11-18-13-16-10-9-12-19-17(16)20(8-4)14-15(6-2)7-3/h9-10,12,15,18H,5-8,11,13-14H2,1-4H3. The van der Waals surface area contributed by atoms with Gasteiger partial charge in [-0.15, -0.1) is 0 Å². The second-order valence-corrected chi connectivity index (χ2v) is 5.38. The van der Waals surface area contributed by atoms with Crippen molar-refractivity contribution in [1.82, 2.24) is 10.3 Å².